The molecule has 0 radical (unpaired) electrons. The van der Waals surface area contributed by atoms with E-state index in [1.54, 1.807) is 14.0 Å². The number of carboxylic acids is 1. The number of nitrogens with zero attached hydrogens (tertiary/aromatic N) is 5. The number of amides is 2. The Morgan fingerprint density at radius 3 is 2.56 bits per heavy atom. The number of hydrogen-bond acceptors (Lipinski definition) is 10. The number of fused-ring (bicyclic) bond motifs is 1. The van der Waals surface area contributed by atoms with Gasteiger partial charge in [-0.05, 0) is 24.1 Å². The molecule has 0 unspecified atom stereocenters. The Labute approximate surface area is 282 Å². The van der Waals surface area contributed by atoms with Crippen molar-refractivity contribution in [1.29, 1.82) is 0 Å². The second-order valence-electron chi connectivity index (χ2n) is 12.2. The molecule has 0 bridgehead atoms. The van der Waals surface area contributed by atoms with Gasteiger partial charge in [0.25, 0.3) is 0 Å². The largest absolute Gasteiger partial charge is 0.496 e. The van der Waals surface area contributed by atoms with Crippen molar-refractivity contribution in [3.63, 3.8) is 0 Å². The molecule has 0 aliphatic carbocycles. The van der Waals surface area contributed by atoms with Crippen molar-refractivity contribution in [3.05, 3.63) is 41.6 Å². The number of anilines is 2. The number of aliphatic carboxylic acids is 1. The first-order chi connectivity index (χ1) is 23.2. The number of rotatable bonds is 19. The molecule has 5 N–H and O–H groups in total. The van der Waals surface area contributed by atoms with Crippen LogP contribution in [-0.4, -0.2) is 107 Å². The van der Waals surface area contributed by atoms with Gasteiger partial charge in [-0.15, -0.1) is 0 Å². The molecule has 48 heavy (non-hydrogen) atoms. The molecule has 2 aromatic heterocycles. The molecule has 1 atom stereocenters. The minimum Gasteiger partial charge on any atom is -0.496 e. The Hall–Kier alpha value is -4.43. The van der Waals surface area contributed by atoms with Crippen LogP contribution in [0.4, 0.5) is 11.8 Å². The maximum atomic E-state index is 12.7. The molecule has 1 aliphatic rings. The van der Waals surface area contributed by atoms with Crippen molar-refractivity contribution in [1.82, 2.24) is 29.7 Å². The van der Waals surface area contributed by atoms with E-state index < -0.39 is 11.9 Å². The summed E-state index contributed by atoms with van der Waals surface area (Å²) < 4.78 is 13.5. The molecule has 262 valence electrons. The van der Waals surface area contributed by atoms with Crippen LogP contribution < -0.4 is 21.1 Å². The summed E-state index contributed by atoms with van der Waals surface area (Å²) in [4.78, 5) is 48.4. The summed E-state index contributed by atoms with van der Waals surface area (Å²) >= 11 is 0. The molecular formula is C34H50N8O6. The first kappa shape index (κ1) is 36.4. The van der Waals surface area contributed by atoms with Gasteiger partial charge in [0.2, 0.25) is 17.8 Å². The predicted molar refractivity (Wildman–Crippen MR) is 184 cm³/mol. The van der Waals surface area contributed by atoms with Gasteiger partial charge in [0.1, 0.15) is 11.3 Å². The van der Waals surface area contributed by atoms with Crippen LogP contribution in [0.3, 0.4) is 0 Å². The van der Waals surface area contributed by atoms with E-state index in [2.05, 4.69) is 55.2 Å². The lowest BCUT2D eigenvalue weighted by Gasteiger charge is -2.35. The van der Waals surface area contributed by atoms with Crippen molar-refractivity contribution < 1.29 is 29.0 Å². The summed E-state index contributed by atoms with van der Waals surface area (Å²) in [7, 11) is 1.69. The Morgan fingerprint density at radius 2 is 1.83 bits per heavy atom. The first-order valence-electron chi connectivity index (χ1n) is 16.8. The molecule has 0 spiro atoms. The van der Waals surface area contributed by atoms with Crippen molar-refractivity contribution in [2.24, 2.45) is 5.92 Å². The van der Waals surface area contributed by atoms with Crippen LogP contribution in [0.15, 0.2) is 30.5 Å². The number of ether oxygens (including phenoxy) is 2. The van der Waals surface area contributed by atoms with Crippen LogP contribution >= 0.6 is 0 Å². The zero-order chi connectivity index (χ0) is 34.5. The predicted octanol–water partition coefficient (Wildman–Crippen LogP) is 2.95. The number of nitrogens with two attached hydrogens (primary N) is 1. The van der Waals surface area contributed by atoms with Crippen LogP contribution in [0.25, 0.3) is 11.0 Å². The number of nitrogens with one attached hydrogen (secondary N) is 2. The van der Waals surface area contributed by atoms with Crippen LogP contribution in [-0.2, 0) is 32.2 Å². The normalized spacial score (nSPS) is 14.2. The number of carbonyl (C=O) groups is 3. The van der Waals surface area contributed by atoms with E-state index in [1.807, 2.05) is 17.2 Å². The Kier molecular flexibility index (Phi) is 13.8. The second-order valence-corrected chi connectivity index (χ2v) is 12.2. The number of piperazine rings is 1. The van der Waals surface area contributed by atoms with Crippen LogP contribution in [0, 0.1) is 5.92 Å². The fourth-order valence-electron chi connectivity index (χ4n) is 5.77. The maximum absolute atomic E-state index is 12.7. The molecule has 1 fully saturated rings. The molecule has 3 heterocycles. The van der Waals surface area contributed by atoms with E-state index >= 15 is 0 Å². The van der Waals surface area contributed by atoms with Crippen LogP contribution in [0.5, 0.6) is 5.75 Å². The van der Waals surface area contributed by atoms with Crippen molar-refractivity contribution in [2.45, 2.75) is 59.0 Å². The second kappa shape index (κ2) is 18.2. The van der Waals surface area contributed by atoms with Crippen LogP contribution in [0.2, 0.25) is 0 Å². The molecular weight excluding hydrogens is 616 g/mol. The topological polar surface area (TPSA) is 177 Å². The van der Waals surface area contributed by atoms with Gasteiger partial charge >= 0.3 is 5.97 Å². The third kappa shape index (κ3) is 10.5. The van der Waals surface area contributed by atoms with Gasteiger partial charge in [-0.2, -0.15) is 4.98 Å². The highest BCUT2D eigenvalue weighted by Gasteiger charge is 2.22. The van der Waals surface area contributed by atoms with E-state index in [-0.39, 0.29) is 50.4 Å². The number of methoxy groups -OCH3 is 1. The molecule has 0 saturated carbocycles. The zero-order valence-electron chi connectivity index (χ0n) is 28.4. The standard InChI is InChI=1S/C34H50N8O6/c1-4-5-6-11-36-32-31-27(38-34(35)39-32)9-13-42(31)23-26-8-7-25(21-28(26)47-3)22-40-14-16-41(17-15-40)29(43)10-18-48-19-12-37-33(46)24(2)20-30(44)45/h7-9,13,21,24H,4-6,10-12,14-20,22-23H2,1-3H3,(H,37,46)(H,44,45)(H3,35,36,38,39)/t24-/m0/s1. The van der Waals surface area contributed by atoms with E-state index in [0.29, 0.717) is 19.6 Å². The average molecular weight is 667 g/mol. The summed E-state index contributed by atoms with van der Waals surface area (Å²) in [5.74, 6) is -0.0861. The SMILES string of the molecule is CCCCCNc1nc(N)nc2ccn(Cc3ccc(CN4CCN(C(=O)CCOCCNC(=O)[C@@H](C)CC(=O)O)CC4)cc3OC)c12. The molecule has 1 aliphatic heterocycles. The number of aromatic nitrogens is 3. The summed E-state index contributed by atoms with van der Waals surface area (Å²) in [6.07, 6.45) is 5.41. The highest BCUT2D eigenvalue weighted by Crippen LogP contribution is 2.27. The first-order valence-corrected chi connectivity index (χ1v) is 16.8. The van der Waals surface area contributed by atoms with Crippen molar-refractivity contribution in [2.75, 3.05) is 70.6 Å². The van der Waals surface area contributed by atoms with Gasteiger partial charge in [0.15, 0.2) is 5.82 Å². The lowest BCUT2D eigenvalue weighted by atomic mass is 10.1. The lowest BCUT2D eigenvalue weighted by Crippen LogP contribution is -2.48. The van der Waals surface area contributed by atoms with Gasteiger partial charge in [-0.25, -0.2) is 4.98 Å². The van der Waals surface area contributed by atoms with E-state index in [9.17, 15) is 14.4 Å². The minimum absolute atomic E-state index is 0.0460. The third-order valence-corrected chi connectivity index (χ3v) is 8.46. The molecule has 1 aromatic carbocycles. The van der Waals surface area contributed by atoms with Gasteiger partial charge < -0.3 is 40.4 Å². The smallest absolute Gasteiger partial charge is 0.304 e. The fraction of sp³-hybridized carbons (Fsp3) is 0.559. The third-order valence-electron chi connectivity index (χ3n) is 8.46. The van der Waals surface area contributed by atoms with Crippen LogP contribution in [0.1, 0.15) is 57.1 Å². The lowest BCUT2D eigenvalue weighted by molar-refractivity contribution is -0.140. The minimum atomic E-state index is -1.01. The fourth-order valence-corrected chi connectivity index (χ4v) is 5.77. The Morgan fingerprint density at radius 1 is 1.04 bits per heavy atom. The van der Waals surface area contributed by atoms with E-state index in [1.165, 1.54) is 0 Å². The maximum Gasteiger partial charge on any atom is 0.304 e. The number of carboxylic acid groups (broad SMARTS) is 1. The number of hydrogen-bond donors (Lipinski definition) is 4. The molecule has 2 amide bonds. The monoisotopic (exact) mass is 666 g/mol. The molecule has 1 saturated heterocycles. The Balaban J connectivity index is 1.23. The van der Waals surface area contributed by atoms with Gasteiger partial charge in [-0.1, -0.05) is 38.8 Å². The summed E-state index contributed by atoms with van der Waals surface area (Å²) in [6, 6.07) is 8.28. The van der Waals surface area contributed by atoms with Crippen molar-refractivity contribution in [3.8, 4) is 5.75 Å². The van der Waals surface area contributed by atoms with Crippen molar-refractivity contribution >= 4 is 40.6 Å². The number of benzene rings is 1. The quantitative estimate of drug-likeness (QED) is 0.138. The molecule has 3 aromatic rings. The summed E-state index contributed by atoms with van der Waals surface area (Å²) in [5, 5.41) is 14.9. The van der Waals surface area contributed by atoms with Gasteiger partial charge in [0, 0.05) is 63.5 Å². The van der Waals surface area contributed by atoms with Gasteiger partial charge in [-0.3, -0.25) is 19.3 Å². The molecule has 14 heteroatoms. The zero-order valence-corrected chi connectivity index (χ0v) is 28.4. The highest BCUT2D eigenvalue weighted by atomic mass is 16.5. The number of carbonyl (C=O) groups excluding carboxylic acids is 2. The van der Waals surface area contributed by atoms with Gasteiger partial charge in [0.05, 0.1) is 45.2 Å². The molecule has 4 rings (SSSR count). The van der Waals surface area contributed by atoms with E-state index in [0.717, 1.165) is 79.2 Å². The van der Waals surface area contributed by atoms with E-state index in [4.69, 9.17) is 20.3 Å². The highest BCUT2D eigenvalue weighted by molar-refractivity contribution is 5.87. The number of nitrogen functional groups attached to an aromatic ring is 1. The molecule has 14 nitrogen and oxygen atoms in total. The average Bonchev–Trinajstić information content (AvgIpc) is 3.47. The summed E-state index contributed by atoms with van der Waals surface area (Å²) in [6.45, 7) is 9.54. The Bertz CT molecular complexity index is 1520. The summed E-state index contributed by atoms with van der Waals surface area (Å²) in [5.41, 5.74) is 9.89. The number of unbranched alkanes of at least 4 members (excludes halogenated alkanes) is 2.